The normalized spacial score (nSPS) is 19.6. The molecule has 50 valence electrons. The van der Waals surface area contributed by atoms with Crippen molar-refractivity contribution >= 4 is 7.85 Å². The SMILES string of the molecule is [B]CCCCC1CCC1. The van der Waals surface area contributed by atoms with Crippen molar-refractivity contribution in [2.45, 2.75) is 44.8 Å². The molecule has 0 amide bonds. The van der Waals surface area contributed by atoms with E-state index in [2.05, 4.69) is 0 Å². The van der Waals surface area contributed by atoms with Gasteiger partial charge in [0.2, 0.25) is 0 Å². The van der Waals surface area contributed by atoms with E-state index in [0.717, 1.165) is 12.2 Å². The third-order valence-corrected chi connectivity index (χ3v) is 2.29. The lowest BCUT2D eigenvalue weighted by Crippen LogP contribution is -2.10. The zero-order valence-corrected chi connectivity index (χ0v) is 6.10. The molecule has 0 spiro atoms. The van der Waals surface area contributed by atoms with E-state index < -0.39 is 0 Å². The molecule has 1 fully saturated rings. The molecule has 1 heteroatoms. The van der Waals surface area contributed by atoms with Gasteiger partial charge in [-0.1, -0.05) is 44.8 Å². The van der Waals surface area contributed by atoms with Gasteiger partial charge in [0.15, 0.2) is 0 Å². The predicted octanol–water partition coefficient (Wildman–Crippen LogP) is 2.54. The quantitative estimate of drug-likeness (QED) is 0.397. The number of unbranched alkanes of at least 4 members (excludes halogenated alkanes) is 1. The molecule has 0 aliphatic heterocycles. The number of rotatable bonds is 4. The lowest BCUT2D eigenvalue weighted by atomic mass is 9.81. The zero-order valence-electron chi connectivity index (χ0n) is 6.10. The third kappa shape index (κ3) is 2.42. The second kappa shape index (κ2) is 3.97. The smallest absolute Gasteiger partial charge is 0.0653 e. The van der Waals surface area contributed by atoms with Crippen LogP contribution in [0.15, 0.2) is 0 Å². The van der Waals surface area contributed by atoms with E-state index in [-0.39, 0.29) is 0 Å². The molecule has 0 nitrogen and oxygen atoms in total. The van der Waals surface area contributed by atoms with Gasteiger partial charge in [-0.25, -0.2) is 0 Å². The molecule has 0 unspecified atom stereocenters. The van der Waals surface area contributed by atoms with Crippen LogP contribution in [0.25, 0.3) is 0 Å². The first kappa shape index (κ1) is 7.18. The van der Waals surface area contributed by atoms with Crippen LogP contribution < -0.4 is 0 Å². The van der Waals surface area contributed by atoms with Crippen molar-refractivity contribution in [2.24, 2.45) is 5.92 Å². The summed E-state index contributed by atoms with van der Waals surface area (Å²) in [5.74, 6) is 1.08. The Morgan fingerprint density at radius 3 is 2.44 bits per heavy atom. The van der Waals surface area contributed by atoms with Gasteiger partial charge in [0, 0.05) is 0 Å². The fraction of sp³-hybridized carbons (Fsp3) is 1.00. The largest absolute Gasteiger partial charge is 0.0887 e. The molecular formula is C8H15B. The summed E-state index contributed by atoms with van der Waals surface area (Å²) in [6.45, 7) is 0. The predicted molar refractivity (Wildman–Crippen MR) is 41.8 cm³/mol. The van der Waals surface area contributed by atoms with E-state index in [1.54, 1.807) is 0 Å². The van der Waals surface area contributed by atoms with Gasteiger partial charge in [0.25, 0.3) is 0 Å². The Kier molecular flexibility index (Phi) is 3.17. The fourth-order valence-electron chi connectivity index (χ4n) is 1.36. The molecule has 0 saturated heterocycles. The maximum absolute atomic E-state index is 5.37. The molecule has 2 radical (unpaired) electrons. The lowest BCUT2D eigenvalue weighted by molar-refractivity contribution is 0.289. The summed E-state index contributed by atoms with van der Waals surface area (Å²) in [6.07, 6.45) is 9.38. The molecule has 0 bridgehead atoms. The Labute approximate surface area is 59.4 Å². The highest BCUT2D eigenvalue weighted by Gasteiger charge is 2.15. The van der Waals surface area contributed by atoms with Crippen molar-refractivity contribution in [3.05, 3.63) is 0 Å². The van der Waals surface area contributed by atoms with Crippen LogP contribution in [-0.2, 0) is 0 Å². The highest BCUT2D eigenvalue weighted by atomic mass is 14.2. The van der Waals surface area contributed by atoms with Gasteiger partial charge >= 0.3 is 0 Å². The maximum Gasteiger partial charge on any atom is 0.0653 e. The molecule has 1 aliphatic rings. The van der Waals surface area contributed by atoms with Gasteiger partial charge in [-0.2, -0.15) is 0 Å². The van der Waals surface area contributed by atoms with Crippen molar-refractivity contribution in [3.8, 4) is 0 Å². The second-order valence-corrected chi connectivity index (χ2v) is 3.08. The Hall–Kier alpha value is 0.0649. The zero-order chi connectivity index (χ0) is 6.53. The van der Waals surface area contributed by atoms with E-state index in [1.807, 2.05) is 0 Å². The molecule has 0 aromatic rings. The first-order valence-electron chi connectivity index (χ1n) is 4.13. The van der Waals surface area contributed by atoms with Crippen molar-refractivity contribution in [3.63, 3.8) is 0 Å². The molecule has 0 heterocycles. The van der Waals surface area contributed by atoms with E-state index in [4.69, 9.17) is 7.85 Å². The summed E-state index contributed by atoms with van der Waals surface area (Å²) in [5, 5.41) is 0. The number of hydrogen-bond acceptors (Lipinski definition) is 0. The standard InChI is InChI=1S/C8H15B/c9-7-2-1-4-8-5-3-6-8/h8H,1-7H2. The molecule has 0 aromatic carbocycles. The van der Waals surface area contributed by atoms with Crippen molar-refractivity contribution in [1.82, 2.24) is 0 Å². The van der Waals surface area contributed by atoms with E-state index in [9.17, 15) is 0 Å². The average molecular weight is 122 g/mol. The van der Waals surface area contributed by atoms with Gasteiger partial charge in [-0.15, -0.1) is 0 Å². The topological polar surface area (TPSA) is 0 Å². The van der Waals surface area contributed by atoms with Crippen LogP contribution in [0.5, 0.6) is 0 Å². The monoisotopic (exact) mass is 122 g/mol. The summed E-state index contributed by atoms with van der Waals surface area (Å²) >= 11 is 0. The summed E-state index contributed by atoms with van der Waals surface area (Å²) in [5.41, 5.74) is 0. The molecule has 9 heavy (non-hydrogen) atoms. The van der Waals surface area contributed by atoms with E-state index in [1.165, 1.54) is 38.5 Å². The summed E-state index contributed by atoms with van der Waals surface area (Å²) in [6, 6.07) is 0. The van der Waals surface area contributed by atoms with Crippen molar-refractivity contribution in [2.75, 3.05) is 0 Å². The first-order chi connectivity index (χ1) is 4.43. The van der Waals surface area contributed by atoms with Crippen LogP contribution in [0, 0.1) is 5.92 Å². The average Bonchev–Trinajstić information content (AvgIpc) is 1.76. The molecule has 1 rings (SSSR count). The van der Waals surface area contributed by atoms with Crippen LogP contribution >= 0.6 is 0 Å². The van der Waals surface area contributed by atoms with Gasteiger partial charge < -0.3 is 0 Å². The Morgan fingerprint density at radius 1 is 1.22 bits per heavy atom. The van der Waals surface area contributed by atoms with Crippen molar-refractivity contribution < 1.29 is 0 Å². The second-order valence-electron chi connectivity index (χ2n) is 3.08. The minimum absolute atomic E-state index is 0.882. The molecular weight excluding hydrogens is 107 g/mol. The van der Waals surface area contributed by atoms with Gasteiger partial charge in [-0.3, -0.25) is 0 Å². The molecule has 0 aromatic heterocycles. The molecule has 0 N–H and O–H groups in total. The summed E-state index contributed by atoms with van der Waals surface area (Å²) in [7, 11) is 5.37. The number of hydrogen-bond donors (Lipinski definition) is 0. The summed E-state index contributed by atoms with van der Waals surface area (Å²) < 4.78 is 0. The Bertz CT molecular complexity index is 67.0. The van der Waals surface area contributed by atoms with Crippen LogP contribution in [0.3, 0.4) is 0 Å². The molecule has 0 atom stereocenters. The van der Waals surface area contributed by atoms with Crippen molar-refractivity contribution in [1.29, 1.82) is 0 Å². The Balaban J connectivity index is 1.80. The van der Waals surface area contributed by atoms with Crippen LogP contribution in [0.4, 0.5) is 0 Å². The highest BCUT2D eigenvalue weighted by Crippen LogP contribution is 2.30. The molecule has 1 saturated carbocycles. The highest BCUT2D eigenvalue weighted by molar-refractivity contribution is 6.08. The maximum atomic E-state index is 5.37. The van der Waals surface area contributed by atoms with Gasteiger partial charge in [0.05, 0.1) is 7.85 Å². The van der Waals surface area contributed by atoms with E-state index in [0.29, 0.717) is 0 Å². The minimum atomic E-state index is 0.882. The van der Waals surface area contributed by atoms with Gasteiger partial charge in [-0.05, 0) is 5.92 Å². The molecule has 1 aliphatic carbocycles. The minimum Gasteiger partial charge on any atom is -0.0887 e. The third-order valence-electron chi connectivity index (χ3n) is 2.29. The summed E-state index contributed by atoms with van der Waals surface area (Å²) in [4.78, 5) is 0. The van der Waals surface area contributed by atoms with Gasteiger partial charge in [0.1, 0.15) is 0 Å². The van der Waals surface area contributed by atoms with Crippen LogP contribution in [-0.4, -0.2) is 7.85 Å². The van der Waals surface area contributed by atoms with Crippen LogP contribution in [0.2, 0.25) is 6.32 Å². The fourth-order valence-corrected chi connectivity index (χ4v) is 1.36. The first-order valence-corrected chi connectivity index (χ1v) is 4.13. The van der Waals surface area contributed by atoms with E-state index >= 15 is 0 Å². The van der Waals surface area contributed by atoms with Crippen LogP contribution in [0.1, 0.15) is 38.5 Å². The lowest BCUT2D eigenvalue weighted by Gasteiger charge is -2.24. The Morgan fingerprint density at radius 2 is 2.00 bits per heavy atom.